The summed E-state index contributed by atoms with van der Waals surface area (Å²) in [6, 6.07) is 10.3. The Balaban J connectivity index is 3.14. The molecule has 0 unspecified atom stereocenters. The van der Waals surface area contributed by atoms with Crippen molar-refractivity contribution in [2.45, 2.75) is 186 Å². The Morgan fingerprint density at radius 2 is 1.31 bits per heavy atom. The van der Waals surface area contributed by atoms with Gasteiger partial charge in [0.05, 0.1) is 24.9 Å². The van der Waals surface area contributed by atoms with E-state index in [9.17, 15) is 5.11 Å². The number of benzene rings is 1. The summed E-state index contributed by atoms with van der Waals surface area (Å²) in [5, 5.41) is 11.6. The zero-order valence-corrected chi connectivity index (χ0v) is 35.2. The molecule has 0 saturated carbocycles. The highest BCUT2D eigenvalue weighted by Gasteiger charge is 2.44. The van der Waals surface area contributed by atoms with Crippen molar-refractivity contribution in [3.8, 4) is 0 Å². The van der Waals surface area contributed by atoms with Crippen molar-refractivity contribution in [3.05, 3.63) is 48.0 Å². The number of aliphatic hydroxyl groups excluding tert-OH is 1. The lowest BCUT2D eigenvalue weighted by atomic mass is 9.99. The fourth-order valence-electron chi connectivity index (χ4n) is 5.12. The van der Waals surface area contributed by atoms with Crippen LogP contribution in [0.25, 0.3) is 0 Å². The van der Waals surface area contributed by atoms with E-state index in [1.54, 1.807) is 7.11 Å². The van der Waals surface area contributed by atoms with Crippen LogP contribution in [0, 0.1) is 0 Å². The first-order valence-electron chi connectivity index (χ1n) is 18.9. The van der Waals surface area contributed by atoms with Crippen LogP contribution in [0.5, 0.6) is 0 Å². The first-order valence-corrected chi connectivity index (χ1v) is 24.7. The monoisotopic (exact) mass is 709 g/mol. The SMILES string of the molecule is CCCCCCCC/C=C/[C@@H](OCOC)[C@@H](O)CC[C@@H](O[Si](C)(C)C(C)(C)C)[C@@H](CCCOCc1ccccc1)O[Si](C)(C)C(C)(C)C. The second-order valence-corrected chi connectivity index (χ2v) is 26.2. The molecular weight excluding hydrogens is 633 g/mol. The van der Waals surface area contributed by atoms with Crippen LogP contribution in [0.4, 0.5) is 0 Å². The average Bonchev–Trinajstić information content (AvgIpc) is 3.00. The second kappa shape index (κ2) is 22.9. The number of ether oxygens (including phenoxy) is 3. The van der Waals surface area contributed by atoms with Gasteiger partial charge in [0.25, 0.3) is 0 Å². The highest BCUT2D eigenvalue weighted by molar-refractivity contribution is 6.74. The third-order valence-electron chi connectivity index (χ3n) is 10.4. The zero-order valence-electron chi connectivity index (χ0n) is 33.2. The van der Waals surface area contributed by atoms with E-state index >= 15 is 0 Å². The predicted molar refractivity (Wildman–Crippen MR) is 209 cm³/mol. The number of unbranched alkanes of at least 4 members (excludes halogenated alkanes) is 6. The lowest BCUT2D eigenvalue weighted by Crippen LogP contribution is -2.52. The van der Waals surface area contributed by atoms with Gasteiger partial charge in [0.1, 0.15) is 12.9 Å². The van der Waals surface area contributed by atoms with Gasteiger partial charge < -0.3 is 28.2 Å². The minimum atomic E-state index is -2.16. The molecule has 48 heavy (non-hydrogen) atoms. The van der Waals surface area contributed by atoms with E-state index in [4.69, 9.17) is 23.1 Å². The Bertz CT molecular complexity index is 970. The molecule has 0 aliphatic heterocycles. The summed E-state index contributed by atoms with van der Waals surface area (Å²) in [4.78, 5) is 0. The van der Waals surface area contributed by atoms with Gasteiger partial charge in [0.2, 0.25) is 0 Å². The molecule has 0 heterocycles. The molecule has 280 valence electrons. The van der Waals surface area contributed by atoms with Crippen LogP contribution in [0.2, 0.25) is 36.3 Å². The maximum atomic E-state index is 11.5. The Morgan fingerprint density at radius 1 is 0.750 bits per heavy atom. The molecule has 0 radical (unpaired) electrons. The van der Waals surface area contributed by atoms with Gasteiger partial charge in [0.15, 0.2) is 16.6 Å². The van der Waals surface area contributed by atoms with Crippen LogP contribution < -0.4 is 0 Å². The minimum Gasteiger partial charge on any atom is -0.411 e. The molecular formula is C40H76O6Si2. The van der Waals surface area contributed by atoms with Crippen molar-refractivity contribution in [3.63, 3.8) is 0 Å². The van der Waals surface area contributed by atoms with E-state index in [2.05, 4.69) is 105 Å². The largest absolute Gasteiger partial charge is 0.411 e. The molecule has 1 N–H and O–H groups in total. The highest BCUT2D eigenvalue weighted by atomic mass is 28.4. The van der Waals surface area contributed by atoms with E-state index in [-0.39, 0.29) is 29.1 Å². The summed E-state index contributed by atoms with van der Waals surface area (Å²) in [5.41, 5.74) is 1.19. The van der Waals surface area contributed by atoms with Gasteiger partial charge in [-0.15, -0.1) is 0 Å². The molecule has 1 aromatic carbocycles. The van der Waals surface area contributed by atoms with E-state index in [1.165, 1.54) is 37.7 Å². The summed E-state index contributed by atoms with van der Waals surface area (Å²) in [6.45, 7) is 26.7. The predicted octanol–water partition coefficient (Wildman–Crippen LogP) is 11.2. The van der Waals surface area contributed by atoms with Gasteiger partial charge in [-0.1, -0.05) is 123 Å². The summed E-state index contributed by atoms with van der Waals surface area (Å²) in [7, 11) is -2.66. The van der Waals surface area contributed by atoms with Crippen LogP contribution in [0.1, 0.15) is 125 Å². The number of methoxy groups -OCH3 is 1. The van der Waals surface area contributed by atoms with Gasteiger partial charge in [-0.05, 0) is 80.4 Å². The van der Waals surface area contributed by atoms with Crippen LogP contribution >= 0.6 is 0 Å². The fraction of sp³-hybridized carbons (Fsp3) is 0.800. The Morgan fingerprint density at radius 3 is 1.88 bits per heavy atom. The maximum absolute atomic E-state index is 11.5. The maximum Gasteiger partial charge on any atom is 0.192 e. The molecule has 6 nitrogen and oxygen atoms in total. The summed E-state index contributed by atoms with van der Waals surface area (Å²) < 4.78 is 31.7. The number of rotatable bonds is 26. The number of hydrogen-bond acceptors (Lipinski definition) is 6. The zero-order chi connectivity index (χ0) is 36.3. The Kier molecular flexibility index (Phi) is 21.5. The van der Waals surface area contributed by atoms with Gasteiger partial charge in [-0.3, -0.25) is 0 Å². The highest BCUT2D eigenvalue weighted by Crippen LogP contribution is 2.42. The first-order chi connectivity index (χ1) is 22.4. The molecule has 0 spiro atoms. The van der Waals surface area contributed by atoms with Crippen molar-refractivity contribution in [2.24, 2.45) is 0 Å². The van der Waals surface area contributed by atoms with Crippen molar-refractivity contribution in [1.29, 1.82) is 0 Å². The lowest BCUT2D eigenvalue weighted by Gasteiger charge is -2.45. The van der Waals surface area contributed by atoms with Crippen LogP contribution in [-0.4, -0.2) is 66.7 Å². The van der Waals surface area contributed by atoms with E-state index in [0.29, 0.717) is 26.1 Å². The van der Waals surface area contributed by atoms with Crippen LogP contribution in [0.15, 0.2) is 42.5 Å². The molecule has 8 heteroatoms. The van der Waals surface area contributed by atoms with Crippen LogP contribution in [-0.2, 0) is 29.7 Å². The summed E-state index contributed by atoms with van der Waals surface area (Å²) >= 11 is 0. The lowest BCUT2D eigenvalue weighted by molar-refractivity contribution is -0.0972. The van der Waals surface area contributed by atoms with Crippen LogP contribution in [0.3, 0.4) is 0 Å². The quantitative estimate of drug-likeness (QED) is 0.0447. The Hall–Kier alpha value is -0.846. The summed E-state index contributed by atoms with van der Waals surface area (Å²) in [5.74, 6) is 0. The van der Waals surface area contributed by atoms with Gasteiger partial charge in [0, 0.05) is 13.7 Å². The molecule has 1 aromatic rings. The first kappa shape index (κ1) is 45.2. The number of aliphatic hydroxyl groups is 1. The number of allylic oxidation sites excluding steroid dienone is 1. The molecule has 0 aliphatic carbocycles. The standard InChI is InChI=1S/C40H76O6Si2/c1-13-14-15-16-17-18-19-23-27-36(44-33-42-8)35(41)29-30-38(46-48(11,12)40(5,6)7)37(45-47(9,10)39(2,3)4)28-24-31-43-32-34-25-21-20-22-26-34/h20-23,25-27,35-38,41H,13-19,24,28-33H2,1-12H3/b27-23+/t35-,36+,37+,38+/m0/s1. The van der Waals surface area contributed by atoms with E-state index < -0.39 is 28.8 Å². The van der Waals surface area contributed by atoms with Gasteiger partial charge in [-0.25, -0.2) is 0 Å². The molecule has 0 aromatic heterocycles. The molecule has 0 saturated heterocycles. The van der Waals surface area contributed by atoms with E-state index in [1.807, 2.05) is 12.1 Å². The minimum absolute atomic E-state index is 0.0492. The second-order valence-electron chi connectivity index (χ2n) is 16.7. The Labute approximate surface area is 299 Å². The molecule has 0 aliphatic rings. The van der Waals surface area contributed by atoms with Crippen molar-refractivity contribution < 1.29 is 28.2 Å². The summed E-state index contributed by atoms with van der Waals surface area (Å²) in [6.07, 6.45) is 14.5. The topological polar surface area (TPSA) is 66.4 Å². The van der Waals surface area contributed by atoms with Gasteiger partial charge >= 0.3 is 0 Å². The van der Waals surface area contributed by atoms with Gasteiger partial charge in [-0.2, -0.15) is 0 Å². The normalized spacial score (nSPS) is 15.9. The molecule has 1 rings (SSSR count). The fourth-order valence-corrected chi connectivity index (χ4v) is 7.88. The molecule has 4 atom stereocenters. The third kappa shape index (κ3) is 17.9. The average molecular weight is 709 g/mol. The molecule has 0 amide bonds. The van der Waals surface area contributed by atoms with Crippen molar-refractivity contribution >= 4 is 16.6 Å². The molecule has 0 bridgehead atoms. The smallest absolute Gasteiger partial charge is 0.192 e. The third-order valence-corrected chi connectivity index (χ3v) is 19.4. The van der Waals surface area contributed by atoms with Crippen molar-refractivity contribution in [2.75, 3.05) is 20.5 Å². The number of hydrogen-bond donors (Lipinski definition) is 1. The molecule has 0 fully saturated rings. The van der Waals surface area contributed by atoms with Crippen molar-refractivity contribution in [1.82, 2.24) is 0 Å². The van der Waals surface area contributed by atoms with E-state index in [0.717, 1.165) is 25.7 Å².